The number of rotatable bonds is 0. The molecule has 0 aliphatic heterocycles. The minimum Gasteiger partial charge on any atom is -0.464 e. The maximum absolute atomic E-state index is 11.6. The highest BCUT2D eigenvalue weighted by atomic mass is 16.3. The van der Waals surface area contributed by atoms with Gasteiger partial charge in [-0.2, -0.15) is 0 Å². The number of aryl methyl sites for hydroxylation is 2. The van der Waals surface area contributed by atoms with Crippen LogP contribution in [0.2, 0.25) is 0 Å². The van der Waals surface area contributed by atoms with E-state index < -0.39 is 0 Å². The van der Waals surface area contributed by atoms with Gasteiger partial charge in [0.05, 0.1) is 11.6 Å². The predicted octanol–water partition coefficient (Wildman–Crippen LogP) is 2.41. The quantitative estimate of drug-likeness (QED) is 0.614. The lowest BCUT2D eigenvalue weighted by atomic mass is 10.1. The lowest BCUT2D eigenvalue weighted by molar-refractivity contribution is 0.597. The van der Waals surface area contributed by atoms with Crippen LogP contribution in [-0.4, -0.2) is 0 Å². The Kier molecular flexibility index (Phi) is 1.69. The van der Waals surface area contributed by atoms with Crippen LogP contribution >= 0.6 is 0 Å². The molecule has 0 saturated heterocycles. The Morgan fingerprint density at radius 1 is 1.23 bits per heavy atom. The van der Waals surface area contributed by atoms with Crippen molar-refractivity contribution in [3.8, 4) is 0 Å². The fourth-order valence-corrected chi connectivity index (χ4v) is 1.34. The molecule has 0 N–H and O–H groups in total. The minimum atomic E-state index is 0.0601. The van der Waals surface area contributed by atoms with Crippen molar-refractivity contribution < 1.29 is 4.42 Å². The molecule has 0 atom stereocenters. The third kappa shape index (κ3) is 1.24. The van der Waals surface area contributed by atoms with E-state index in [0.29, 0.717) is 16.5 Å². The Bertz CT molecular complexity index is 504. The highest BCUT2D eigenvalue weighted by molar-refractivity contribution is 5.77. The molecular formula is C11H10O2. The molecular weight excluding hydrogens is 164 g/mol. The Labute approximate surface area is 75.8 Å². The molecule has 2 rings (SSSR count). The molecule has 0 bridgehead atoms. The second kappa shape index (κ2) is 2.73. The molecule has 1 aromatic carbocycles. The number of benzene rings is 1. The van der Waals surface area contributed by atoms with Crippen molar-refractivity contribution in [1.29, 1.82) is 0 Å². The molecule has 0 unspecified atom stereocenters. The molecule has 1 heterocycles. The largest absolute Gasteiger partial charge is 0.464 e. The summed E-state index contributed by atoms with van der Waals surface area (Å²) in [5.41, 5.74) is 2.44. The fourth-order valence-electron chi connectivity index (χ4n) is 1.34. The van der Waals surface area contributed by atoms with Crippen molar-refractivity contribution >= 4 is 11.0 Å². The first-order chi connectivity index (χ1) is 6.18. The topological polar surface area (TPSA) is 30.2 Å². The van der Waals surface area contributed by atoms with Crippen molar-refractivity contribution in [2.45, 2.75) is 13.8 Å². The van der Waals surface area contributed by atoms with Gasteiger partial charge in [0.2, 0.25) is 0 Å². The number of hydrogen-bond donors (Lipinski definition) is 0. The van der Waals surface area contributed by atoms with Gasteiger partial charge in [-0.05, 0) is 26.0 Å². The van der Waals surface area contributed by atoms with E-state index in [4.69, 9.17) is 4.42 Å². The van der Waals surface area contributed by atoms with Crippen molar-refractivity contribution in [3.63, 3.8) is 0 Å². The van der Waals surface area contributed by atoms with Gasteiger partial charge in [-0.3, -0.25) is 4.79 Å². The van der Waals surface area contributed by atoms with Gasteiger partial charge in [-0.25, -0.2) is 0 Å². The van der Waals surface area contributed by atoms with Crippen LogP contribution in [0.1, 0.15) is 11.1 Å². The molecule has 2 aromatic rings. The molecule has 0 radical (unpaired) electrons. The van der Waals surface area contributed by atoms with Crippen molar-refractivity contribution in [1.82, 2.24) is 0 Å². The molecule has 2 heteroatoms. The van der Waals surface area contributed by atoms with Crippen LogP contribution in [-0.2, 0) is 0 Å². The summed E-state index contributed by atoms with van der Waals surface area (Å²) in [4.78, 5) is 11.6. The average Bonchev–Trinajstić information content (AvgIpc) is 2.12. The second-order valence-corrected chi connectivity index (χ2v) is 3.25. The van der Waals surface area contributed by atoms with Gasteiger partial charge < -0.3 is 4.42 Å². The van der Waals surface area contributed by atoms with Crippen molar-refractivity contribution in [3.05, 3.63) is 45.8 Å². The third-order valence-electron chi connectivity index (χ3n) is 2.10. The van der Waals surface area contributed by atoms with Gasteiger partial charge in [-0.1, -0.05) is 11.6 Å². The van der Waals surface area contributed by atoms with E-state index in [-0.39, 0.29) is 5.43 Å². The first-order valence-electron chi connectivity index (χ1n) is 4.17. The monoisotopic (exact) mass is 174 g/mol. The molecule has 0 aliphatic rings. The maximum atomic E-state index is 11.6. The second-order valence-electron chi connectivity index (χ2n) is 3.25. The Morgan fingerprint density at radius 3 is 2.77 bits per heavy atom. The molecule has 0 amide bonds. The van der Waals surface area contributed by atoms with Gasteiger partial charge in [0, 0.05) is 5.56 Å². The van der Waals surface area contributed by atoms with Crippen LogP contribution in [0.4, 0.5) is 0 Å². The normalized spacial score (nSPS) is 10.6. The first kappa shape index (κ1) is 8.05. The first-order valence-corrected chi connectivity index (χ1v) is 4.17. The lowest BCUT2D eigenvalue weighted by Crippen LogP contribution is -2.04. The van der Waals surface area contributed by atoms with E-state index in [1.807, 2.05) is 25.1 Å². The van der Waals surface area contributed by atoms with E-state index in [1.54, 1.807) is 6.92 Å². The molecule has 0 fully saturated rings. The number of fused-ring (bicyclic) bond motifs is 1. The van der Waals surface area contributed by atoms with E-state index in [0.717, 1.165) is 5.56 Å². The lowest BCUT2D eigenvalue weighted by Gasteiger charge is -1.98. The van der Waals surface area contributed by atoms with Gasteiger partial charge in [0.1, 0.15) is 5.58 Å². The molecule has 0 saturated carbocycles. The van der Waals surface area contributed by atoms with Crippen molar-refractivity contribution in [2.75, 3.05) is 0 Å². The highest BCUT2D eigenvalue weighted by Gasteiger charge is 2.02. The Balaban J connectivity index is 2.97. The van der Waals surface area contributed by atoms with E-state index in [1.165, 1.54) is 6.26 Å². The zero-order valence-corrected chi connectivity index (χ0v) is 7.63. The maximum Gasteiger partial charge on any atom is 0.195 e. The fraction of sp³-hybridized carbons (Fsp3) is 0.182. The van der Waals surface area contributed by atoms with Crippen LogP contribution in [0, 0.1) is 13.8 Å². The van der Waals surface area contributed by atoms with Gasteiger partial charge in [-0.15, -0.1) is 0 Å². The summed E-state index contributed by atoms with van der Waals surface area (Å²) in [6.45, 7) is 3.72. The highest BCUT2D eigenvalue weighted by Crippen LogP contribution is 2.12. The summed E-state index contributed by atoms with van der Waals surface area (Å²) in [6, 6.07) is 5.61. The molecule has 66 valence electrons. The van der Waals surface area contributed by atoms with Gasteiger partial charge in [0.15, 0.2) is 5.43 Å². The van der Waals surface area contributed by atoms with Crippen LogP contribution < -0.4 is 5.43 Å². The third-order valence-corrected chi connectivity index (χ3v) is 2.10. The molecule has 2 nitrogen and oxygen atoms in total. The van der Waals surface area contributed by atoms with E-state index in [9.17, 15) is 4.79 Å². The predicted molar refractivity (Wildman–Crippen MR) is 52.0 cm³/mol. The minimum absolute atomic E-state index is 0.0601. The van der Waals surface area contributed by atoms with Crippen LogP contribution in [0.15, 0.2) is 33.7 Å². The zero-order chi connectivity index (χ0) is 9.42. The molecule has 13 heavy (non-hydrogen) atoms. The molecule has 0 aliphatic carbocycles. The smallest absolute Gasteiger partial charge is 0.195 e. The van der Waals surface area contributed by atoms with Gasteiger partial charge in [0.25, 0.3) is 0 Å². The van der Waals surface area contributed by atoms with Crippen molar-refractivity contribution in [2.24, 2.45) is 0 Å². The Hall–Kier alpha value is -1.57. The van der Waals surface area contributed by atoms with E-state index >= 15 is 0 Å². The molecule has 1 aromatic heterocycles. The number of hydrogen-bond acceptors (Lipinski definition) is 2. The Morgan fingerprint density at radius 2 is 2.00 bits per heavy atom. The standard InChI is InChI=1S/C11H10O2/c1-7-3-4-10-9(5-7)11(12)8(2)6-13-10/h3-6H,1-2H3. The summed E-state index contributed by atoms with van der Waals surface area (Å²) >= 11 is 0. The van der Waals surface area contributed by atoms with Crippen LogP contribution in [0.5, 0.6) is 0 Å². The summed E-state index contributed by atoms with van der Waals surface area (Å²) in [5.74, 6) is 0. The molecule has 0 spiro atoms. The van der Waals surface area contributed by atoms with Crippen LogP contribution in [0.3, 0.4) is 0 Å². The summed E-state index contributed by atoms with van der Waals surface area (Å²) in [5, 5.41) is 0.667. The average molecular weight is 174 g/mol. The zero-order valence-electron chi connectivity index (χ0n) is 7.63. The SMILES string of the molecule is Cc1ccc2occ(C)c(=O)c2c1. The summed E-state index contributed by atoms with van der Waals surface area (Å²) < 4.78 is 5.28. The van der Waals surface area contributed by atoms with Crippen LogP contribution in [0.25, 0.3) is 11.0 Å². The summed E-state index contributed by atoms with van der Waals surface area (Å²) in [7, 11) is 0. The van der Waals surface area contributed by atoms with E-state index in [2.05, 4.69) is 0 Å². The summed E-state index contributed by atoms with van der Waals surface area (Å²) in [6.07, 6.45) is 1.50. The van der Waals surface area contributed by atoms with Gasteiger partial charge >= 0.3 is 0 Å².